The van der Waals surface area contributed by atoms with Crippen LogP contribution in [0.1, 0.15) is 78.9 Å². The smallest absolute Gasteiger partial charge is 0.127 e. The second-order valence-electron chi connectivity index (χ2n) is 9.74. The molecule has 154 valence electrons. The standard InChI is InChI=1S/C30H28O/c1-18(2)27-17-23-28(19(3)4)22-13-7-10-16-26(22)30(29(23)31-27)24-14-8-5-11-20(24)21-12-6-9-15-25(21)30/h5-19,28H,1-4H3. The molecule has 1 atom stereocenters. The van der Waals surface area contributed by atoms with Gasteiger partial charge in [-0.25, -0.2) is 0 Å². The summed E-state index contributed by atoms with van der Waals surface area (Å²) in [6.07, 6.45) is 0. The van der Waals surface area contributed by atoms with Gasteiger partial charge < -0.3 is 4.42 Å². The predicted molar refractivity (Wildman–Crippen MR) is 127 cm³/mol. The fourth-order valence-electron chi connectivity index (χ4n) is 6.12. The summed E-state index contributed by atoms with van der Waals surface area (Å²) in [5.41, 5.74) is 9.12. The van der Waals surface area contributed by atoms with Gasteiger partial charge >= 0.3 is 0 Å². The summed E-state index contributed by atoms with van der Waals surface area (Å²) >= 11 is 0. The van der Waals surface area contributed by atoms with Gasteiger partial charge in [-0.05, 0) is 45.4 Å². The molecule has 0 saturated carbocycles. The third-order valence-electron chi connectivity index (χ3n) is 7.34. The van der Waals surface area contributed by atoms with Crippen molar-refractivity contribution in [3.63, 3.8) is 0 Å². The topological polar surface area (TPSA) is 13.1 Å². The van der Waals surface area contributed by atoms with Gasteiger partial charge in [0.15, 0.2) is 0 Å². The lowest BCUT2D eigenvalue weighted by Crippen LogP contribution is -2.35. The first-order valence-electron chi connectivity index (χ1n) is 11.5. The van der Waals surface area contributed by atoms with Gasteiger partial charge in [-0.1, -0.05) is 100 Å². The zero-order valence-corrected chi connectivity index (χ0v) is 18.6. The van der Waals surface area contributed by atoms with Crippen LogP contribution in [0.5, 0.6) is 0 Å². The van der Waals surface area contributed by atoms with Crippen LogP contribution in [0.3, 0.4) is 0 Å². The highest BCUT2D eigenvalue weighted by molar-refractivity contribution is 5.87. The summed E-state index contributed by atoms with van der Waals surface area (Å²) in [5.74, 6) is 3.40. The average Bonchev–Trinajstić information content (AvgIpc) is 3.34. The molecule has 0 saturated heterocycles. The van der Waals surface area contributed by atoms with Crippen molar-refractivity contribution in [1.29, 1.82) is 0 Å². The zero-order chi connectivity index (χ0) is 21.3. The molecule has 1 heteroatoms. The molecule has 1 nitrogen and oxygen atoms in total. The molecule has 2 aliphatic carbocycles. The van der Waals surface area contributed by atoms with Gasteiger partial charge in [-0.3, -0.25) is 0 Å². The molecule has 1 aromatic heterocycles. The molecule has 31 heavy (non-hydrogen) atoms. The highest BCUT2D eigenvalue weighted by Gasteiger charge is 2.54. The maximum absolute atomic E-state index is 6.86. The monoisotopic (exact) mass is 404 g/mol. The Hall–Kier alpha value is -3.06. The molecule has 6 rings (SSSR count). The lowest BCUT2D eigenvalue weighted by molar-refractivity contribution is 0.398. The van der Waals surface area contributed by atoms with Crippen molar-refractivity contribution in [2.75, 3.05) is 0 Å². The maximum atomic E-state index is 6.86. The second-order valence-corrected chi connectivity index (χ2v) is 9.74. The molecule has 0 amide bonds. The summed E-state index contributed by atoms with van der Waals surface area (Å²) in [5, 5.41) is 0. The Kier molecular flexibility index (Phi) is 3.90. The fraction of sp³-hybridized carbons (Fsp3) is 0.267. The van der Waals surface area contributed by atoms with Crippen LogP contribution >= 0.6 is 0 Å². The summed E-state index contributed by atoms with van der Waals surface area (Å²) in [7, 11) is 0. The van der Waals surface area contributed by atoms with E-state index in [-0.39, 0.29) is 0 Å². The molecular formula is C30H28O. The zero-order valence-electron chi connectivity index (χ0n) is 18.6. The van der Waals surface area contributed by atoms with Crippen molar-refractivity contribution >= 4 is 0 Å². The van der Waals surface area contributed by atoms with Crippen LogP contribution in [0, 0.1) is 5.92 Å². The van der Waals surface area contributed by atoms with Crippen LogP contribution < -0.4 is 0 Å². The molecule has 1 spiro atoms. The van der Waals surface area contributed by atoms with Crippen LogP contribution in [0.15, 0.2) is 83.3 Å². The van der Waals surface area contributed by atoms with Crippen molar-refractivity contribution in [3.8, 4) is 11.1 Å². The molecule has 0 aliphatic heterocycles. The van der Waals surface area contributed by atoms with Crippen molar-refractivity contribution in [2.45, 2.75) is 44.9 Å². The van der Waals surface area contributed by atoms with Crippen molar-refractivity contribution < 1.29 is 4.42 Å². The quantitative estimate of drug-likeness (QED) is 0.292. The molecule has 2 aliphatic rings. The van der Waals surface area contributed by atoms with Crippen LogP contribution in [0.2, 0.25) is 0 Å². The lowest BCUT2D eigenvalue weighted by atomic mass is 9.60. The Labute approximate surface area is 184 Å². The first-order chi connectivity index (χ1) is 15.0. The number of rotatable bonds is 2. The minimum Gasteiger partial charge on any atom is -0.464 e. The van der Waals surface area contributed by atoms with E-state index in [1.165, 1.54) is 38.9 Å². The largest absolute Gasteiger partial charge is 0.464 e. The Balaban J connectivity index is 1.82. The highest BCUT2D eigenvalue weighted by Crippen LogP contribution is 2.62. The molecule has 1 heterocycles. The first-order valence-corrected chi connectivity index (χ1v) is 11.5. The number of fused-ring (bicyclic) bond motifs is 9. The number of hydrogen-bond donors (Lipinski definition) is 0. The van der Waals surface area contributed by atoms with Crippen molar-refractivity contribution in [2.24, 2.45) is 5.92 Å². The van der Waals surface area contributed by atoms with Gasteiger partial charge in [0, 0.05) is 17.4 Å². The lowest BCUT2D eigenvalue weighted by Gasteiger charge is -2.41. The first kappa shape index (κ1) is 18.7. The highest BCUT2D eigenvalue weighted by atomic mass is 16.3. The fourth-order valence-corrected chi connectivity index (χ4v) is 6.12. The summed E-state index contributed by atoms with van der Waals surface area (Å²) in [6.45, 7) is 9.12. The maximum Gasteiger partial charge on any atom is 0.127 e. The Morgan fingerprint density at radius 3 is 1.81 bits per heavy atom. The predicted octanol–water partition coefficient (Wildman–Crippen LogP) is 7.87. The molecule has 0 radical (unpaired) electrons. The van der Waals surface area contributed by atoms with Crippen LogP contribution in [0.4, 0.5) is 0 Å². The van der Waals surface area contributed by atoms with Gasteiger partial charge in [-0.15, -0.1) is 0 Å². The minimum absolute atomic E-state index is 0.341. The van der Waals surface area contributed by atoms with E-state index in [9.17, 15) is 0 Å². The minimum atomic E-state index is -0.391. The third-order valence-corrected chi connectivity index (χ3v) is 7.34. The molecule has 3 aromatic carbocycles. The number of furan rings is 1. The van der Waals surface area contributed by atoms with Crippen molar-refractivity contribution in [3.05, 3.63) is 118 Å². The molecule has 0 N–H and O–H groups in total. The van der Waals surface area contributed by atoms with E-state index in [0.29, 0.717) is 17.8 Å². The van der Waals surface area contributed by atoms with E-state index in [1.54, 1.807) is 0 Å². The van der Waals surface area contributed by atoms with E-state index in [2.05, 4.69) is 107 Å². The van der Waals surface area contributed by atoms with Gasteiger partial charge in [0.05, 0.1) is 0 Å². The Bertz CT molecular complexity index is 1260. The van der Waals surface area contributed by atoms with Crippen LogP contribution in [0.25, 0.3) is 11.1 Å². The van der Waals surface area contributed by atoms with Gasteiger partial charge in [-0.2, -0.15) is 0 Å². The SMILES string of the molecule is CC(C)c1cc2c(o1)C1(c3ccccc3-c3ccccc31)c1ccccc1C2C(C)C. The average molecular weight is 405 g/mol. The van der Waals surface area contributed by atoms with E-state index in [4.69, 9.17) is 4.42 Å². The third kappa shape index (κ3) is 2.27. The van der Waals surface area contributed by atoms with Crippen LogP contribution in [-0.2, 0) is 5.41 Å². The van der Waals surface area contributed by atoms with E-state index < -0.39 is 5.41 Å². The van der Waals surface area contributed by atoms with Crippen molar-refractivity contribution in [1.82, 2.24) is 0 Å². The second kappa shape index (κ2) is 6.47. The molecule has 0 fully saturated rings. The summed E-state index contributed by atoms with van der Waals surface area (Å²) in [6, 6.07) is 29.2. The molecular weight excluding hydrogens is 376 g/mol. The number of hydrogen-bond acceptors (Lipinski definition) is 1. The van der Waals surface area contributed by atoms with Gasteiger partial charge in [0.1, 0.15) is 16.9 Å². The van der Waals surface area contributed by atoms with Crippen LogP contribution in [-0.4, -0.2) is 0 Å². The summed E-state index contributed by atoms with van der Waals surface area (Å²) in [4.78, 5) is 0. The Morgan fingerprint density at radius 1 is 0.677 bits per heavy atom. The van der Waals surface area contributed by atoms with E-state index in [0.717, 1.165) is 11.5 Å². The van der Waals surface area contributed by atoms with E-state index >= 15 is 0 Å². The van der Waals surface area contributed by atoms with E-state index in [1.807, 2.05) is 0 Å². The van der Waals surface area contributed by atoms with Gasteiger partial charge in [0.25, 0.3) is 0 Å². The molecule has 1 unspecified atom stereocenters. The number of benzene rings is 3. The molecule has 0 bridgehead atoms. The normalized spacial score (nSPS) is 17.5. The Morgan fingerprint density at radius 2 is 1.23 bits per heavy atom. The molecule has 4 aromatic rings. The summed E-state index contributed by atoms with van der Waals surface area (Å²) < 4.78 is 6.86. The van der Waals surface area contributed by atoms with Gasteiger partial charge in [0.2, 0.25) is 0 Å².